The number of anilines is 1. The third-order valence-electron chi connectivity index (χ3n) is 4.95. The minimum atomic E-state index is -3.15. The van der Waals surface area contributed by atoms with Gasteiger partial charge in [-0.1, -0.05) is 30.3 Å². The van der Waals surface area contributed by atoms with Crippen molar-refractivity contribution in [1.82, 2.24) is 15.6 Å². The normalized spacial score (nSPS) is 17.2. The largest absolute Gasteiger partial charge is 0.356 e. The molecule has 1 saturated heterocycles. The van der Waals surface area contributed by atoms with Gasteiger partial charge in [0, 0.05) is 38.9 Å². The molecule has 1 aliphatic heterocycles. The molecule has 1 aromatic heterocycles. The molecule has 1 aromatic carbocycles. The lowest BCUT2D eigenvalue weighted by Crippen LogP contribution is -2.45. The molecule has 7 nitrogen and oxygen atoms in total. The van der Waals surface area contributed by atoms with E-state index in [2.05, 4.69) is 20.6 Å². The quantitative estimate of drug-likeness (QED) is 0.376. The maximum Gasteiger partial charge on any atom is 0.191 e. The standard InChI is InChI=1S/C21H28FN5O2S/c1-23-21(25-12-6-14-30(28,29)16-17-7-3-2-4-8-17)26-18-10-13-27(15-18)20-19(22)9-5-11-24-20/h2-5,7-9,11,18H,6,10,12-16H2,1H3,(H2,23,25,26). The van der Waals surface area contributed by atoms with Crippen LogP contribution in [0, 0.1) is 5.82 Å². The molecule has 162 valence electrons. The number of nitrogens with one attached hydrogen (secondary N) is 2. The molecule has 2 N–H and O–H groups in total. The number of aliphatic imine (C=N–C) groups is 1. The average molecular weight is 434 g/mol. The molecule has 0 spiro atoms. The number of rotatable bonds is 8. The van der Waals surface area contributed by atoms with Gasteiger partial charge in [0.1, 0.15) is 0 Å². The van der Waals surface area contributed by atoms with Crippen LogP contribution in [0.5, 0.6) is 0 Å². The van der Waals surface area contributed by atoms with E-state index in [0.717, 1.165) is 12.0 Å². The summed E-state index contributed by atoms with van der Waals surface area (Å²) in [6.45, 7) is 1.83. The van der Waals surface area contributed by atoms with Crippen LogP contribution >= 0.6 is 0 Å². The van der Waals surface area contributed by atoms with Crippen molar-refractivity contribution in [3.8, 4) is 0 Å². The molecule has 9 heteroatoms. The van der Waals surface area contributed by atoms with E-state index >= 15 is 0 Å². The van der Waals surface area contributed by atoms with Crippen LogP contribution in [0.1, 0.15) is 18.4 Å². The Bertz CT molecular complexity index is 953. The second-order valence-electron chi connectivity index (χ2n) is 7.31. The van der Waals surface area contributed by atoms with Crippen molar-refractivity contribution in [2.75, 3.05) is 37.3 Å². The van der Waals surface area contributed by atoms with Crippen LogP contribution in [0.4, 0.5) is 10.2 Å². The predicted molar refractivity (Wildman–Crippen MR) is 118 cm³/mol. The monoisotopic (exact) mass is 433 g/mol. The van der Waals surface area contributed by atoms with Gasteiger partial charge in [-0.3, -0.25) is 4.99 Å². The van der Waals surface area contributed by atoms with Crippen molar-refractivity contribution in [2.24, 2.45) is 4.99 Å². The third kappa shape index (κ3) is 6.41. The van der Waals surface area contributed by atoms with E-state index in [-0.39, 0.29) is 23.4 Å². The summed E-state index contributed by atoms with van der Waals surface area (Å²) in [7, 11) is -1.48. The number of nitrogens with zero attached hydrogens (tertiary/aromatic N) is 3. The van der Waals surface area contributed by atoms with Crippen LogP contribution < -0.4 is 15.5 Å². The van der Waals surface area contributed by atoms with E-state index in [1.165, 1.54) is 6.07 Å². The molecule has 0 bridgehead atoms. The zero-order chi connectivity index (χ0) is 21.4. The Balaban J connectivity index is 1.41. The molecular weight excluding hydrogens is 405 g/mol. The zero-order valence-corrected chi connectivity index (χ0v) is 17.9. The van der Waals surface area contributed by atoms with E-state index in [0.29, 0.717) is 37.8 Å². The Morgan fingerprint density at radius 1 is 1.27 bits per heavy atom. The smallest absolute Gasteiger partial charge is 0.191 e. The van der Waals surface area contributed by atoms with Gasteiger partial charge in [0.2, 0.25) is 0 Å². The van der Waals surface area contributed by atoms with Gasteiger partial charge in [0.15, 0.2) is 27.4 Å². The Hall–Kier alpha value is -2.68. The first kappa shape index (κ1) is 22.0. The van der Waals surface area contributed by atoms with Crippen molar-refractivity contribution in [2.45, 2.75) is 24.6 Å². The maximum absolute atomic E-state index is 13.9. The summed E-state index contributed by atoms with van der Waals surface area (Å²) in [5, 5.41) is 6.48. The maximum atomic E-state index is 13.9. The van der Waals surface area contributed by atoms with Gasteiger partial charge in [-0.15, -0.1) is 0 Å². The number of hydrogen-bond acceptors (Lipinski definition) is 5. The van der Waals surface area contributed by atoms with E-state index < -0.39 is 9.84 Å². The van der Waals surface area contributed by atoms with Gasteiger partial charge in [-0.2, -0.15) is 0 Å². The third-order valence-corrected chi connectivity index (χ3v) is 6.63. The summed E-state index contributed by atoms with van der Waals surface area (Å²) in [5.41, 5.74) is 0.804. The van der Waals surface area contributed by atoms with E-state index in [1.807, 2.05) is 35.2 Å². The first-order valence-corrected chi connectivity index (χ1v) is 11.9. The highest BCUT2D eigenvalue weighted by Crippen LogP contribution is 2.20. The van der Waals surface area contributed by atoms with E-state index in [4.69, 9.17) is 0 Å². The molecule has 0 radical (unpaired) electrons. The number of benzene rings is 1. The van der Waals surface area contributed by atoms with Crippen molar-refractivity contribution >= 4 is 21.6 Å². The molecule has 0 saturated carbocycles. The summed E-state index contributed by atoms with van der Waals surface area (Å²) in [6, 6.07) is 12.3. The first-order chi connectivity index (χ1) is 14.5. The Morgan fingerprint density at radius 3 is 2.80 bits per heavy atom. The van der Waals surface area contributed by atoms with E-state index in [9.17, 15) is 12.8 Å². The summed E-state index contributed by atoms with van der Waals surface area (Å²) >= 11 is 0. The number of hydrogen-bond donors (Lipinski definition) is 2. The summed E-state index contributed by atoms with van der Waals surface area (Å²) in [6.07, 6.45) is 2.92. The van der Waals surface area contributed by atoms with Crippen LogP contribution in [0.15, 0.2) is 53.7 Å². The first-order valence-electron chi connectivity index (χ1n) is 10.0. The summed E-state index contributed by atoms with van der Waals surface area (Å²) in [4.78, 5) is 10.2. The predicted octanol–water partition coefficient (Wildman–Crippen LogP) is 1.97. The number of guanidine groups is 1. The molecule has 0 aliphatic carbocycles. The highest BCUT2D eigenvalue weighted by Gasteiger charge is 2.25. The Kier molecular flexibility index (Phi) is 7.62. The summed E-state index contributed by atoms with van der Waals surface area (Å²) in [5.74, 6) is 0.833. The fourth-order valence-electron chi connectivity index (χ4n) is 3.47. The second kappa shape index (κ2) is 10.4. The van der Waals surface area contributed by atoms with Crippen molar-refractivity contribution < 1.29 is 12.8 Å². The number of sulfone groups is 1. The Morgan fingerprint density at radius 2 is 2.07 bits per heavy atom. The molecule has 1 aliphatic rings. The lowest BCUT2D eigenvalue weighted by atomic mass is 10.2. The van der Waals surface area contributed by atoms with Crippen LogP contribution in [-0.2, 0) is 15.6 Å². The molecule has 30 heavy (non-hydrogen) atoms. The van der Waals surface area contributed by atoms with Crippen molar-refractivity contribution in [1.29, 1.82) is 0 Å². The highest BCUT2D eigenvalue weighted by atomic mass is 32.2. The molecule has 2 aromatic rings. The fourth-order valence-corrected chi connectivity index (χ4v) is 4.90. The number of halogens is 1. The topological polar surface area (TPSA) is 86.7 Å². The molecule has 1 unspecified atom stereocenters. The molecule has 1 fully saturated rings. The van der Waals surface area contributed by atoms with E-state index in [1.54, 1.807) is 19.3 Å². The van der Waals surface area contributed by atoms with Crippen LogP contribution in [0.2, 0.25) is 0 Å². The van der Waals surface area contributed by atoms with Gasteiger partial charge in [-0.25, -0.2) is 17.8 Å². The van der Waals surface area contributed by atoms with Crippen molar-refractivity contribution in [3.63, 3.8) is 0 Å². The highest BCUT2D eigenvalue weighted by molar-refractivity contribution is 7.90. The molecule has 1 atom stereocenters. The summed E-state index contributed by atoms with van der Waals surface area (Å²) < 4.78 is 38.5. The van der Waals surface area contributed by atoms with Gasteiger partial charge < -0.3 is 15.5 Å². The SMILES string of the molecule is CN=C(NCCCS(=O)(=O)Cc1ccccc1)NC1CCN(c2ncccc2F)C1. The van der Waals surface area contributed by atoms with Crippen LogP contribution in [0.25, 0.3) is 0 Å². The lowest BCUT2D eigenvalue weighted by Gasteiger charge is -2.20. The van der Waals surface area contributed by atoms with Gasteiger partial charge in [-0.05, 0) is 30.5 Å². The number of aromatic nitrogens is 1. The molecule has 2 heterocycles. The minimum Gasteiger partial charge on any atom is -0.356 e. The Labute approximate surface area is 177 Å². The molecule has 3 rings (SSSR count). The lowest BCUT2D eigenvalue weighted by molar-refractivity contribution is 0.590. The second-order valence-corrected chi connectivity index (χ2v) is 9.50. The molecule has 0 amide bonds. The van der Waals surface area contributed by atoms with Gasteiger partial charge in [0.25, 0.3) is 0 Å². The fraction of sp³-hybridized carbons (Fsp3) is 0.429. The number of pyridine rings is 1. The minimum absolute atomic E-state index is 0.0583. The van der Waals surface area contributed by atoms with Crippen LogP contribution in [-0.4, -0.2) is 57.8 Å². The van der Waals surface area contributed by atoms with Gasteiger partial charge >= 0.3 is 0 Å². The van der Waals surface area contributed by atoms with Gasteiger partial charge in [0.05, 0.1) is 11.5 Å². The van der Waals surface area contributed by atoms with Crippen molar-refractivity contribution in [3.05, 3.63) is 60.0 Å². The molecular formula is C21H28FN5O2S. The zero-order valence-electron chi connectivity index (χ0n) is 17.1. The van der Waals surface area contributed by atoms with Crippen LogP contribution in [0.3, 0.4) is 0 Å². The average Bonchev–Trinajstić information content (AvgIpc) is 3.19.